The zero-order valence-electron chi connectivity index (χ0n) is 12.7. The van der Waals surface area contributed by atoms with Gasteiger partial charge in [-0.25, -0.2) is 5.43 Å². The van der Waals surface area contributed by atoms with Crippen molar-refractivity contribution in [3.05, 3.63) is 61.5 Å². The van der Waals surface area contributed by atoms with Gasteiger partial charge in [-0.2, -0.15) is 5.10 Å². The number of phenolic OH excluding ortho intramolecular Hbond substituents is 1. The Balaban J connectivity index is 2.00. The van der Waals surface area contributed by atoms with Crippen LogP contribution in [0.3, 0.4) is 0 Å². The molecule has 2 rings (SSSR count). The number of aromatic hydroxyl groups is 1. The minimum Gasteiger partial charge on any atom is -0.506 e. The molecule has 4 nitrogen and oxygen atoms in total. The highest BCUT2D eigenvalue weighted by atomic mass is 79.9. The minimum atomic E-state index is -0.210. The number of carbonyl (C=O) groups excluding carboxylic acids is 1. The summed E-state index contributed by atoms with van der Waals surface area (Å²) in [5, 5.41) is 13.8. The van der Waals surface area contributed by atoms with Gasteiger partial charge in [-0.15, -0.1) is 0 Å². The lowest BCUT2D eigenvalue weighted by Gasteiger charge is -2.05. The number of carbonyl (C=O) groups is 1. The molecule has 1 amide bonds. The molecule has 0 aliphatic heterocycles. The summed E-state index contributed by atoms with van der Waals surface area (Å²) in [5.41, 5.74) is 6.26. The van der Waals surface area contributed by atoms with Crippen LogP contribution in [0, 0.1) is 13.8 Å². The van der Waals surface area contributed by atoms with Crippen molar-refractivity contribution < 1.29 is 9.90 Å². The molecule has 0 atom stereocenters. The third-order valence-electron chi connectivity index (χ3n) is 3.39. The molecule has 0 radical (unpaired) electrons. The van der Waals surface area contributed by atoms with Gasteiger partial charge in [-0.3, -0.25) is 4.79 Å². The standard InChI is InChI=1S/C17H16Br2N2O2/c1-10-3-4-12(5-11(10)2)6-16(22)21-20-9-13-7-14(18)8-15(19)17(13)23/h3-5,7-9,23H,6H2,1-2H3,(H,21,22). The fourth-order valence-corrected chi connectivity index (χ4v) is 3.25. The van der Waals surface area contributed by atoms with Crippen molar-refractivity contribution in [2.75, 3.05) is 0 Å². The first-order chi connectivity index (χ1) is 10.9. The first-order valence-electron chi connectivity index (χ1n) is 6.93. The highest BCUT2D eigenvalue weighted by Gasteiger charge is 2.06. The fourth-order valence-electron chi connectivity index (χ4n) is 2.00. The Morgan fingerprint density at radius 2 is 1.96 bits per heavy atom. The van der Waals surface area contributed by atoms with Crippen LogP contribution >= 0.6 is 31.9 Å². The van der Waals surface area contributed by atoms with Gasteiger partial charge in [-0.05, 0) is 58.6 Å². The van der Waals surface area contributed by atoms with Crippen molar-refractivity contribution in [1.82, 2.24) is 5.43 Å². The summed E-state index contributed by atoms with van der Waals surface area (Å²) in [4.78, 5) is 11.9. The van der Waals surface area contributed by atoms with Gasteiger partial charge in [0, 0.05) is 10.0 Å². The van der Waals surface area contributed by atoms with E-state index in [4.69, 9.17) is 0 Å². The van der Waals surface area contributed by atoms with Gasteiger partial charge < -0.3 is 5.11 Å². The lowest BCUT2D eigenvalue weighted by molar-refractivity contribution is -0.120. The van der Waals surface area contributed by atoms with E-state index in [-0.39, 0.29) is 18.1 Å². The van der Waals surface area contributed by atoms with Crippen LogP contribution in [0.4, 0.5) is 0 Å². The van der Waals surface area contributed by atoms with Gasteiger partial charge in [-0.1, -0.05) is 34.1 Å². The van der Waals surface area contributed by atoms with E-state index in [1.54, 1.807) is 12.1 Å². The number of phenols is 1. The van der Waals surface area contributed by atoms with E-state index in [9.17, 15) is 9.90 Å². The Hall–Kier alpha value is -1.66. The molecule has 0 bridgehead atoms. The third-order valence-corrected chi connectivity index (χ3v) is 4.45. The predicted octanol–water partition coefficient (Wildman–Crippen LogP) is 4.23. The number of amides is 1. The van der Waals surface area contributed by atoms with Crippen molar-refractivity contribution in [3.8, 4) is 5.75 Å². The van der Waals surface area contributed by atoms with Crippen molar-refractivity contribution in [2.24, 2.45) is 5.10 Å². The monoisotopic (exact) mass is 438 g/mol. The third kappa shape index (κ3) is 4.91. The molecule has 0 aromatic heterocycles. The topological polar surface area (TPSA) is 61.7 Å². The molecule has 0 saturated carbocycles. The molecule has 0 aliphatic carbocycles. The van der Waals surface area contributed by atoms with E-state index < -0.39 is 0 Å². The second-order valence-electron chi connectivity index (χ2n) is 5.21. The van der Waals surface area contributed by atoms with Crippen LogP contribution < -0.4 is 5.43 Å². The molecule has 2 N–H and O–H groups in total. The summed E-state index contributed by atoms with van der Waals surface area (Å²) in [5.74, 6) is -0.140. The number of nitrogens with zero attached hydrogens (tertiary/aromatic N) is 1. The van der Waals surface area contributed by atoms with E-state index in [1.807, 2.05) is 32.0 Å². The van der Waals surface area contributed by atoms with Crippen molar-refractivity contribution >= 4 is 44.0 Å². The summed E-state index contributed by atoms with van der Waals surface area (Å²) in [7, 11) is 0. The SMILES string of the molecule is Cc1ccc(CC(=O)NN=Cc2cc(Br)cc(Br)c2O)cc1C. The Labute approximate surface area is 151 Å². The number of aryl methyl sites for hydroxylation is 2. The van der Waals surface area contributed by atoms with Crippen molar-refractivity contribution in [3.63, 3.8) is 0 Å². The number of hydrazone groups is 1. The zero-order chi connectivity index (χ0) is 17.0. The number of hydrogen-bond donors (Lipinski definition) is 2. The number of rotatable bonds is 4. The first-order valence-corrected chi connectivity index (χ1v) is 8.51. The largest absolute Gasteiger partial charge is 0.506 e. The molecule has 2 aromatic carbocycles. The molecule has 120 valence electrons. The Bertz CT molecular complexity index is 773. The number of benzene rings is 2. The molecular formula is C17H16Br2N2O2. The van der Waals surface area contributed by atoms with E-state index in [0.717, 1.165) is 15.6 Å². The molecule has 0 heterocycles. The quantitative estimate of drug-likeness (QED) is 0.553. The lowest BCUT2D eigenvalue weighted by atomic mass is 10.0. The van der Waals surface area contributed by atoms with Gasteiger partial charge >= 0.3 is 0 Å². The zero-order valence-corrected chi connectivity index (χ0v) is 15.9. The van der Waals surface area contributed by atoms with Gasteiger partial charge in [0.15, 0.2) is 0 Å². The summed E-state index contributed by atoms with van der Waals surface area (Å²) in [6.07, 6.45) is 1.66. The van der Waals surface area contributed by atoms with Gasteiger partial charge in [0.2, 0.25) is 5.91 Å². The smallest absolute Gasteiger partial charge is 0.244 e. The van der Waals surface area contributed by atoms with E-state index in [1.165, 1.54) is 11.8 Å². The van der Waals surface area contributed by atoms with Crippen LogP contribution in [0.1, 0.15) is 22.3 Å². The average Bonchev–Trinajstić information content (AvgIpc) is 2.48. The van der Waals surface area contributed by atoms with E-state index >= 15 is 0 Å². The van der Waals surface area contributed by atoms with Crippen LogP contribution in [0.2, 0.25) is 0 Å². The van der Waals surface area contributed by atoms with Crippen LogP contribution in [0.5, 0.6) is 5.75 Å². The lowest BCUT2D eigenvalue weighted by Crippen LogP contribution is -2.19. The van der Waals surface area contributed by atoms with Crippen LogP contribution in [-0.4, -0.2) is 17.2 Å². The van der Waals surface area contributed by atoms with Crippen molar-refractivity contribution in [1.29, 1.82) is 0 Å². The maximum atomic E-state index is 11.9. The number of halogens is 2. The highest BCUT2D eigenvalue weighted by Crippen LogP contribution is 2.30. The van der Waals surface area contributed by atoms with Crippen LogP contribution in [0.15, 0.2) is 44.4 Å². The van der Waals surface area contributed by atoms with Crippen LogP contribution in [-0.2, 0) is 11.2 Å². The molecule has 23 heavy (non-hydrogen) atoms. The Morgan fingerprint density at radius 3 is 2.65 bits per heavy atom. The Kier molecular flexibility index (Phi) is 5.96. The van der Waals surface area contributed by atoms with E-state index in [2.05, 4.69) is 42.4 Å². The maximum absolute atomic E-state index is 11.9. The fraction of sp³-hybridized carbons (Fsp3) is 0.176. The summed E-state index contributed by atoms with van der Waals surface area (Å²) in [6.45, 7) is 4.05. The molecule has 0 unspecified atom stereocenters. The normalized spacial score (nSPS) is 11.0. The molecule has 6 heteroatoms. The Morgan fingerprint density at radius 1 is 1.22 bits per heavy atom. The van der Waals surface area contributed by atoms with Gasteiger partial charge in [0.25, 0.3) is 0 Å². The minimum absolute atomic E-state index is 0.0698. The molecule has 0 spiro atoms. The molecular weight excluding hydrogens is 424 g/mol. The summed E-state index contributed by atoms with van der Waals surface area (Å²) in [6, 6.07) is 9.36. The van der Waals surface area contributed by atoms with E-state index in [0.29, 0.717) is 10.0 Å². The number of hydrogen-bond acceptors (Lipinski definition) is 3. The predicted molar refractivity (Wildman–Crippen MR) is 98.9 cm³/mol. The highest BCUT2D eigenvalue weighted by molar-refractivity contribution is 9.11. The molecule has 0 fully saturated rings. The second-order valence-corrected chi connectivity index (χ2v) is 6.98. The maximum Gasteiger partial charge on any atom is 0.244 e. The number of nitrogens with one attached hydrogen (secondary N) is 1. The van der Waals surface area contributed by atoms with Crippen molar-refractivity contribution in [2.45, 2.75) is 20.3 Å². The molecule has 2 aromatic rings. The van der Waals surface area contributed by atoms with Crippen LogP contribution in [0.25, 0.3) is 0 Å². The van der Waals surface area contributed by atoms with Gasteiger partial charge in [0.05, 0.1) is 17.1 Å². The summed E-state index contributed by atoms with van der Waals surface area (Å²) >= 11 is 6.58. The first kappa shape index (κ1) is 17.7. The van der Waals surface area contributed by atoms with Gasteiger partial charge in [0.1, 0.15) is 5.75 Å². The average molecular weight is 440 g/mol. The summed E-state index contributed by atoms with van der Waals surface area (Å²) < 4.78 is 1.35. The molecule has 0 saturated heterocycles. The molecule has 0 aliphatic rings. The second kappa shape index (κ2) is 7.75.